The molecule has 8 heteroatoms. The first-order chi connectivity index (χ1) is 11.6. The molecular formula is C16H18FN3O4. The quantitative estimate of drug-likeness (QED) is 0.858. The number of nitrogens with zero attached hydrogens (tertiary/aromatic N) is 2. The van der Waals surface area contributed by atoms with Crippen molar-refractivity contribution < 1.29 is 23.6 Å². The SMILES string of the molecule is O=C(NCC(=O)N1CCOCC1)C1CC(c2cccc(F)c2)=NO1. The molecule has 2 aliphatic rings. The van der Waals surface area contributed by atoms with Crippen LogP contribution in [0.25, 0.3) is 0 Å². The number of rotatable bonds is 4. The minimum atomic E-state index is -0.805. The Morgan fingerprint density at radius 3 is 2.88 bits per heavy atom. The van der Waals surface area contributed by atoms with E-state index in [1.54, 1.807) is 17.0 Å². The topological polar surface area (TPSA) is 80.2 Å². The molecule has 1 N–H and O–H groups in total. The number of halogens is 1. The fourth-order valence-electron chi connectivity index (χ4n) is 2.56. The molecule has 24 heavy (non-hydrogen) atoms. The second kappa shape index (κ2) is 7.39. The molecule has 2 aliphatic heterocycles. The van der Waals surface area contributed by atoms with Crippen molar-refractivity contribution in [2.24, 2.45) is 5.16 Å². The van der Waals surface area contributed by atoms with Crippen molar-refractivity contribution in [3.8, 4) is 0 Å². The summed E-state index contributed by atoms with van der Waals surface area (Å²) in [5, 5.41) is 6.41. The third-order valence-electron chi connectivity index (χ3n) is 3.90. The summed E-state index contributed by atoms with van der Waals surface area (Å²) < 4.78 is 18.4. The van der Waals surface area contributed by atoms with E-state index in [1.807, 2.05) is 0 Å². The minimum absolute atomic E-state index is 0.0893. The van der Waals surface area contributed by atoms with Crippen molar-refractivity contribution in [2.45, 2.75) is 12.5 Å². The molecule has 2 heterocycles. The summed E-state index contributed by atoms with van der Waals surface area (Å²) in [6.45, 7) is 1.99. The molecule has 2 amide bonds. The van der Waals surface area contributed by atoms with Crippen LogP contribution < -0.4 is 5.32 Å². The van der Waals surface area contributed by atoms with Crippen molar-refractivity contribution >= 4 is 17.5 Å². The minimum Gasteiger partial charge on any atom is -0.382 e. The average Bonchev–Trinajstić information content (AvgIpc) is 3.10. The van der Waals surface area contributed by atoms with E-state index in [0.29, 0.717) is 37.6 Å². The van der Waals surface area contributed by atoms with Crippen LogP contribution in [0.5, 0.6) is 0 Å². The molecule has 0 saturated carbocycles. The molecule has 128 valence electrons. The van der Waals surface area contributed by atoms with Gasteiger partial charge < -0.3 is 19.8 Å². The van der Waals surface area contributed by atoms with Crippen molar-refractivity contribution in [1.29, 1.82) is 0 Å². The van der Waals surface area contributed by atoms with Gasteiger partial charge in [-0.15, -0.1) is 0 Å². The maximum absolute atomic E-state index is 13.2. The normalized spacial score (nSPS) is 20.3. The third kappa shape index (κ3) is 3.88. The van der Waals surface area contributed by atoms with Gasteiger partial charge in [-0.1, -0.05) is 17.3 Å². The van der Waals surface area contributed by atoms with Gasteiger partial charge in [0.15, 0.2) is 0 Å². The van der Waals surface area contributed by atoms with Crippen molar-refractivity contribution in [3.63, 3.8) is 0 Å². The highest BCUT2D eigenvalue weighted by Gasteiger charge is 2.29. The monoisotopic (exact) mass is 335 g/mol. The zero-order valence-electron chi connectivity index (χ0n) is 13.0. The van der Waals surface area contributed by atoms with Crippen LogP contribution >= 0.6 is 0 Å². The first-order valence-corrected chi connectivity index (χ1v) is 7.75. The number of nitrogens with one attached hydrogen (secondary N) is 1. The summed E-state index contributed by atoms with van der Waals surface area (Å²) >= 11 is 0. The predicted molar refractivity (Wildman–Crippen MR) is 82.8 cm³/mol. The second-order valence-electron chi connectivity index (χ2n) is 5.56. The summed E-state index contributed by atoms with van der Waals surface area (Å²) in [5.41, 5.74) is 1.09. The van der Waals surface area contributed by atoms with E-state index in [4.69, 9.17) is 9.57 Å². The van der Waals surface area contributed by atoms with Gasteiger partial charge in [0.1, 0.15) is 5.82 Å². The number of amides is 2. The van der Waals surface area contributed by atoms with Crippen LogP contribution in [0.1, 0.15) is 12.0 Å². The van der Waals surface area contributed by atoms with Crippen LogP contribution in [0.2, 0.25) is 0 Å². The Bertz CT molecular complexity index is 658. The summed E-state index contributed by atoms with van der Waals surface area (Å²) in [6.07, 6.45) is -0.568. The molecule has 0 spiro atoms. The molecule has 0 aliphatic carbocycles. The van der Waals surface area contributed by atoms with Crippen LogP contribution in [0.4, 0.5) is 4.39 Å². The lowest BCUT2D eigenvalue weighted by Gasteiger charge is -2.27. The van der Waals surface area contributed by atoms with Gasteiger partial charge in [-0.05, 0) is 12.1 Å². The summed E-state index contributed by atoms with van der Waals surface area (Å²) in [5.74, 6) is -0.943. The largest absolute Gasteiger partial charge is 0.382 e. The van der Waals surface area contributed by atoms with E-state index in [1.165, 1.54) is 12.1 Å². The highest BCUT2D eigenvalue weighted by atomic mass is 19.1. The van der Waals surface area contributed by atoms with E-state index in [-0.39, 0.29) is 24.7 Å². The Labute approximate surface area is 138 Å². The molecule has 1 unspecified atom stereocenters. The molecule has 1 saturated heterocycles. The molecule has 0 bridgehead atoms. The molecule has 0 radical (unpaired) electrons. The lowest BCUT2D eigenvalue weighted by Crippen LogP contribution is -2.47. The van der Waals surface area contributed by atoms with Crippen LogP contribution in [-0.4, -0.2) is 61.4 Å². The number of benzene rings is 1. The van der Waals surface area contributed by atoms with Crippen molar-refractivity contribution in [1.82, 2.24) is 10.2 Å². The van der Waals surface area contributed by atoms with Crippen LogP contribution in [0.15, 0.2) is 29.4 Å². The Balaban J connectivity index is 1.48. The number of ether oxygens (including phenoxy) is 1. The molecule has 1 atom stereocenters. The zero-order valence-corrected chi connectivity index (χ0v) is 13.0. The number of carbonyl (C=O) groups excluding carboxylic acids is 2. The van der Waals surface area contributed by atoms with Crippen molar-refractivity contribution in [3.05, 3.63) is 35.6 Å². The predicted octanol–water partition coefficient (Wildman–Crippen LogP) is 0.294. The van der Waals surface area contributed by atoms with Gasteiger partial charge in [-0.2, -0.15) is 0 Å². The molecule has 1 aromatic rings. The number of morpholine rings is 1. The molecule has 7 nitrogen and oxygen atoms in total. The Morgan fingerprint density at radius 2 is 2.12 bits per heavy atom. The van der Waals surface area contributed by atoms with Gasteiger partial charge in [-0.3, -0.25) is 9.59 Å². The molecule has 0 aromatic heterocycles. The molecule has 3 rings (SSSR count). The van der Waals surface area contributed by atoms with Crippen LogP contribution in [0, 0.1) is 5.82 Å². The van der Waals surface area contributed by atoms with Gasteiger partial charge >= 0.3 is 0 Å². The Hall–Kier alpha value is -2.48. The van der Waals surface area contributed by atoms with Gasteiger partial charge in [0.05, 0.1) is 25.5 Å². The van der Waals surface area contributed by atoms with E-state index in [9.17, 15) is 14.0 Å². The van der Waals surface area contributed by atoms with Crippen LogP contribution in [0.3, 0.4) is 0 Å². The number of oxime groups is 1. The van der Waals surface area contributed by atoms with Crippen LogP contribution in [-0.2, 0) is 19.2 Å². The van der Waals surface area contributed by atoms with E-state index < -0.39 is 12.0 Å². The maximum Gasteiger partial charge on any atom is 0.264 e. The fourth-order valence-corrected chi connectivity index (χ4v) is 2.56. The number of carbonyl (C=O) groups is 2. The van der Waals surface area contributed by atoms with Crippen molar-refractivity contribution in [2.75, 3.05) is 32.8 Å². The van der Waals surface area contributed by atoms with Gasteiger partial charge in [0.25, 0.3) is 5.91 Å². The lowest BCUT2D eigenvalue weighted by molar-refractivity contribution is -0.138. The number of hydrogen-bond acceptors (Lipinski definition) is 5. The second-order valence-corrected chi connectivity index (χ2v) is 5.56. The average molecular weight is 335 g/mol. The van der Waals surface area contributed by atoms with Gasteiger partial charge in [0.2, 0.25) is 12.0 Å². The molecule has 1 aromatic carbocycles. The third-order valence-corrected chi connectivity index (χ3v) is 3.90. The standard InChI is InChI=1S/C16H18FN3O4/c17-12-3-1-2-11(8-12)13-9-14(24-19-13)16(22)18-10-15(21)20-4-6-23-7-5-20/h1-3,8,14H,4-7,9-10H2,(H,18,22). The van der Waals surface area contributed by atoms with Gasteiger partial charge in [-0.25, -0.2) is 4.39 Å². The van der Waals surface area contributed by atoms with E-state index in [0.717, 1.165) is 0 Å². The smallest absolute Gasteiger partial charge is 0.264 e. The first-order valence-electron chi connectivity index (χ1n) is 7.75. The highest BCUT2D eigenvalue weighted by molar-refractivity contribution is 6.04. The van der Waals surface area contributed by atoms with Gasteiger partial charge in [0, 0.05) is 25.1 Å². The summed E-state index contributed by atoms with van der Waals surface area (Å²) in [7, 11) is 0. The maximum atomic E-state index is 13.2. The van der Waals surface area contributed by atoms with E-state index >= 15 is 0 Å². The van der Waals surface area contributed by atoms with E-state index in [2.05, 4.69) is 10.5 Å². The summed E-state index contributed by atoms with van der Waals surface area (Å²) in [4.78, 5) is 30.8. The highest BCUT2D eigenvalue weighted by Crippen LogP contribution is 2.17. The number of hydrogen-bond donors (Lipinski definition) is 1. The zero-order chi connectivity index (χ0) is 16.9. The molecule has 1 fully saturated rings. The Kier molecular flexibility index (Phi) is 5.05. The molecular weight excluding hydrogens is 317 g/mol. The Morgan fingerprint density at radius 1 is 1.33 bits per heavy atom. The fraction of sp³-hybridized carbons (Fsp3) is 0.438. The lowest BCUT2D eigenvalue weighted by atomic mass is 10.0. The summed E-state index contributed by atoms with van der Waals surface area (Å²) in [6, 6.07) is 5.95. The first kappa shape index (κ1) is 16.4.